The molecule has 0 aliphatic heterocycles. The van der Waals surface area contributed by atoms with E-state index in [1.165, 1.54) is 12.1 Å². The first-order valence-corrected chi connectivity index (χ1v) is 12.5. The van der Waals surface area contributed by atoms with Crippen LogP contribution in [0.1, 0.15) is 54.4 Å². The molecular weight excluding hydrogens is 426 g/mol. The van der Waals surface area contributed by atoms with Crippen molar-refractivity contribution in [2.75, 3.05) is 0 Å². The smallest absolute Gasteiger partial charge is 0.251 e. The van der Waals surface area contributed by atoms with Crippen molar-refractivity contribution in [2.45, 2.75) is 60.8 Å². The van der Waals surface area contributed by atoms with Crippen molar-refractivity contribution in [3.05, 3.63) is 66.0 Å². The summed E-state index contributed by atoms with van der Waals surface area (Å²) in [5.41, 5.74) is 1.21. The van der Waals surface area contributed by atoms with Gasteiger partial charge in [0.2, 0.25) is 5.91 Å². The van der Waals surface area contributed by atoms with Crippen LogP contribution in [0.4, 0.5) is 0 Å². The summed E-state index contributed by atoms with van der Waals surface area (Å²) in [4.78, 5) is 28.7. The van der Waals surface area contributed by atoms with Crippen LogP contribution >= 0.6 is 0 Å². The van der Waals surface area contributed by atoms with E-state index in [1.54, 1.807) is 42.7 Å². The number of aromatic nitrogens is 1. The van der Waals surface area contributed by atoms with E-state index in [-0.39, 0.29) is 28.8 Å². The van der Waals surface area contributed by atoms with E-state index in [4.69, 9.17) is 0 Å². The van der Waals surface area contributed by atoms with E-state index >= 15 is 0 Å². The van der Waals surface area contributed by atoms with Crippen LogP contribution in [0.3, 0.4) is 0 Å². The second-order valence-electron chi connectivity index (χ2n) is 8.42. The quantitative estimate of drug-likeness (QED) is 0.627. The van der Waals surface area contributed by atoms with Gasteiger partial charge in [0.1, 0.15) is 0 Å². The number of carbonyl (C=O) groups is 2. The predicted molar refractivity (Wildman–Crippen MR) is 122 cm³/mol. The topological polar surface area (TPSA) is 105 Å². The summed E-state index contributed by atoms with van der Waals surface area (Å²) in [7, 11) is -3.54. The van der Waals surface area contributed by atoms with E-state index in [2.05, 4.69) is 15.6 Å². The number of hydrogen-bond donors (Lipinski definition) is 2. The predicted octanol–water partition coefficient (Wildman–Crippen LogP) is 2.89. The second-order valence-corrected chi connectivity index (χ2v) is 10.7. The molecule has 0 spiro atoms. The Hall–Kier alpha value is -3.00. The standard InChI is InChI=1S/C24H27N3O4S/c28-23(13-6-17-3-2-14-25-16-17)26-19-9-11-21(12-10-19)32(30,31)22-5-1-4-18(15-22)24(29)27-20-7-8-20/h1-6,13-16,19-21H,7-12H2,(H,26,28)(H,27,29)/b13-6+. The van der Waals surface area contributed by atoms with Gasteiger partial charge in [-0.05, 0) is 74.4 Å². The molecule has 0 atom stereocenters. The molecule has 0 radical (unpaired) electrons. The van der Waals surface area contributed by atoms with Gasteiger partial charge in [0.25, 0.3) is 5.91 Å². The van der Waals surface area contributed by atoms with E-state index in [0.717, 1.165) is 18.4 Å². The fourth-order valence-corrected chi connectivity index (χ4v) is 5.75. The molecule has 8 heteroatoms. The average molecular weight is 454 g/mol. The summed E-state index contributed by atoms with van der Waals surface area (Å²) >= 11 is 0. The zero-order valence-electron chi connectivity index (χ0n) is 17.7. The summed E-state index contributed by atoms with van der Waals surface area (Å²) in [5, 5.41) is 5.33. The van der Waals surface area contributed by atoms with Crippen LogP contribution in [-0.2, 0) is 14.6 Å². The highest BCUT2D eigenvalue weighted by molar-refractivity contribution is 7.92. The number of nitrogens with zero attached hydrogens (tertiary/aromatic N) is 1. The van der Waals surface area contributed by atoms with Crippen LogP contribution in [0.25, 0.3) is 6.08 Å². The normalized spacial score (nSPS) is 21.2. The third-order valence-electron chi connectivity index (χ3n) is 5.91. The van der Waals surface area contributed by atoms with Crippen LogP contribution in [0.2, 0.25) is 0 Å². The second kappa shape index (κ2) is 9.65. The third kappa shape index (κ3) is 5.62. The molecule has 1 aromatic heterocycles. The molecule has 1 heterocycles. The van der Waals surface area contributed by atoms with Gasteiger partial charge < -0.3 is 10.6 Å². The van der Waals surface area contributed by atoms with Crippen LogP contribution < -0.4 is 10.6 Å². The van der Waals surface area contributed by atoms with Crippen molar-refractivity contribution in [2.24, 2.45) is 0 Å². The van der Waals surface area contributed by atoms with E-state index in [9.17, 15) is 18.0 Å². The number of rotatable bonds is 7. The Morgan fingerprint density at radius 1 is 0.938 bits per heavy atom. The molecule has 2 amide bonds. The Morgan fingerprint density at radius 2 is 1.66 bits per heavy atom. The summed E-state index contributed by atoms with van der Waals surface area (Å²) in [6.45, 7) is 0. The molecule has 2 aliphatic carbocycles. The summed E-state index contributed by atoms with van der Waals surface area (Å²) in [5.74, 6) is -0.426. The molecule has 2 saturated carbocycles. The maximum atomic E-state index is 13.1. The van der Waals surface area contributed by atoms with Gasteiger partial charge in [-0.25, -0.2) is 8.42 Å². The Morgan fingerprint density at radius 3 is 2.34 bits per heavy atom. The highest BCUT2D eigenvalue weighted by Crippen LogP contribution is 2.29. The molecule has 32 heavy (non-hydrogen) atoms. The van der Waals surface area contributed by atoms with E-state index < -0.39 is 15.1 Å². The van der Waals surface area contributed by atoms with Gasteiger partial charge in [-0.2, -0.15) is 0 Å². The first-order valence-electron chi connectivity index (χ1n) is 11.0. The summed E-state index contributed by atoms with van der Waals surface area (Å²) < 4.78 is 26.3. The van der Waals surface area contributed by atoms with Gasteiger partial charge in [-0.1, -0.05) is 12.1 Å². The van der Waals surface area contributed by atoms with Crippen LogP contribution in [0.5, 0.6) is 0 Å². The van der Waals surface area contributed by atoms with Crippen molar-refractivity contribution >= 4 is 27.7 Å². The molecule has 2 aromatic rings. The molecular formula is C24H27N3O4S. The van der Waals surface area contributed by atoms with Crippen LogP contribution in [0, 0.1) is 0 Å². The number of sulfone groups is 1. The zero-order chi connectivity index (χ0) is 22.6. The Kier molecular flexibility index (Phi) is 6.69. The first kappa shape index (κ1) is 22.2. The molecule has 2 fully saturated rings. The summed E-state index contributed by atoms with van der Waals surface area (Å²) in [6.07, 6.45) is 10.6. The molecule has 2 aliphatic rings. The molecule has 1 aromatic carbocycles. The van der Waals surface area contributed by atoms with Gasteiger partial charge in [-0.3, -0.25) is 14.6 Å². The van der Waals surface area contributed by atoms with Crippen LogP contribution in [-0.4, -0.2) is 42.5 Å². The highest BCUT2D eigenvalue weighted by atomic mass is 32.2. The highest BCUT2D eigenvalue weighted by Gasteiger charge is 2.33. The van der Waals surface area contributed by atoms with Crippen molar-refractivity contribution in [1.29, 1.82) is 0 Å². The van der Waals surface area contributed by atoms with Gasteiger partial charge in [0.15, 0.2) is 9.84 Å². The number of amides is 2. The minimum Gasteiger partial charge on any atom is -0.350 e. The first-order chi connectivity index (χ1) is 15.4. The Bertz CT molecular complexity index is 1100. The van der Waals surface area contributed by atoms with Crippen molar-refractivity contribution in [1.82, 2.24) is 15.6 Å². The van der Waals surface area contributed by atoms with Gasteiger partial charge in [0, 0.05) is 36.1 Å². The monoisotopic (exact) mass is 453 g/mol. The van der Waals surface area contributed by atoms with Crippen LogP contribution in [0.15, 0.2) is 59.8 Å². The fraction of sp³-hybridized carbons (Fsp3) is 0.375. The fourth-order valence-electron chi connectivity index (χ4n) is 3.92. The van der Waals surface area contributed by atoms with Crippen molar-refractivity contribution in [3.8, 4) is 0 Å². The lowest BCUT2D eigenvalue weighted by Gasteiger charge is -2.28. The molecule has 0 bridgehead atoms. The lowest BCUT2D eigenvalue weighted by atomic mass is 9.95. The number of nitrogens with one attached hydrogen (secondary N) is 2. The van der Waals surface area contributed by atoms with E-state index in [0.29, 0.717) is 31.2 Å². The third-order valence-corrected chi connectivity index (χ3v) is 8.17. The maximum absolute atomic E-state index is 13.1. The van der Waals surface area contributed by atoms with Gasteiger partial charge in [-0.15, -0.1) is 0 Å². The number of benzene rings is 1. The van der Waals surface area contributed by atoms with Crippen molar-refractivity contribution in [3.63, 3.8) is 0 Å². The zero-order valence-corrected chi connectivity index (χ0v) is 18.6. The minimum atomic E-state index is -3.54. The maximum Gasteiger partial charge on any atom is 0.251 e. The molecule has 7 nitrogen and oxygen atoms in total. The Balaban J connectivity index is 1.32. The lowest BCUT2D eigenvalue weighted by Crippen LogP contribution is -2.39. The molecule has 0 saturated heterocycles. The average Bonchev–Trinajstić information content (AvgIpc) is 3.63. The molecule has 168 valence electrons. The number of carbonyl (C=O) groups excluding carboxylic acids is 2. The largest absolute Gasteiger partial charge is 0.350 e. The SMILES string of the molecule is O=C(/C=C/c1cccnc1)NC1CCC(S(=O)(=O)c2cccc(C(=O)NC3CC3)c2)CC1. The van der Waals surface area contributed by atoms with Gasteiger partial charge in [0.05, 0.1) is 10.1 Å². The summed E-state index contributed by atoms with van der Waals surface area (Å²) in [6, 6.07) is 10.1. The number of hydrogen-bond acceptors (Lipinski definition) is 5. The van der Waals surface area contributed by atoms with E-state index in [1.807, 2.05) is 6.07 Å². The minimum absolute atomic E-state index is 0.0526. The number of pyridine rings is 1. The van der Waals surface area contributed by atoms with Crippen molar-refractivity contribution < 1.29 is 18.0 Å². The molecule has 4 rings (SSSR count). The Labute approximate surface area is 188 Å². The van der Waals surface area contributed by atoms with Gasteiger partial charge >= 0.3 is 0 Å². The molecule has 2 N–H and O–H groups in total. The molecule has 0 unspecified atom stereocenters. The lowest BCUT2D eigenvalue weighted by molar-refractivity contribution is -0.117.